The van der Waals surface area contributed by atoms with Crippen molar-refractivity contribution >= 4 is 0 Å². The molecule has 1 aromatic rings. The van der Waals surface area contributed by atoms with Gasteiger partial charge in [-0.15, -0.1) is 0 Å². The Morgan fingerprint density at radius 2 is 2.20 bits per heavy atom. The summed E-state index contributed by atoms with van der Waals surface area (Å²) in [6.07, 6.45) is -2.47. The summed E-state index contributed by atoms with van der Waals surface area (Å²) < 4.78 is 28.7. The Morgan fingerprint density at radius 3 is 2.80 bits per heavy atom. The first-order valence-electron chi connectivity index (χ1n) is 4.65. The van der Waals surface area contributed by atoms with Crippen molar-refractivity contribution in [3.8, 4) is 5.88 Å². The Bertz CT molecular complexity index is 318. The molecule has 0 bridgehead atoms. The smallest absolute Gasteiger partial charge is 0.272 e. The predicted molar refractivity (Wildman–Crippen MR) is 53.2 cm³/mol. The zero-order valence-electron chi connectivity index (χ0n) is 8.76. The third-order valence-corrected chi connectivity index (χ3v) is 1.73. The van der Waals surface area contributed by atoms with Crippen molar-refractivity contribution in [2.75, 3.05) is 13.7 Å². The van der Waals surface area contributed by atoms with Crippen molar-refractivity contribution < 1.29 is 13.5 Å². The van der Waals surface area contributed by atoms with Gasteiger partial charge in [0.25, 0.3) is 6.43 Å². The van der Waals surface area contributed by atoms with Gasteiger partial charge in [0.05, 0.1) is 0 Å². The van der Waals surface area contributed by atoms with Crippen molar-refractivity contribution in [2.24, 2.45) is 0 Å². The Hall–Kier alpha value is -1.23. The van der Waals surface area contributed by atoms with Crippen LogP contribution in [0.5, 0.6) is 5.88 Å². The highest BCUT2D eigenvalue weighted by Crippen LogP contribution is 2.13. The lowest BCUT2D eigenvalue weighted by Gasteiger charge is -2.07. The maximum Gasteiger partial charge on any atom is 0.272 e. The zero-order chi connectivity index (χ0) is 11.3. The first kappa shape index (κ1) is 11.8. The van der Waals surface area contributed by atoms with E-state index in [4.69, 9.17) is 4.74 Å². The molecule has 0 aliphatic carbocycles. The van der Waals surface area contributed by atoms with Crippen molar-refractivity contribution in [3.63, 3.8) is 0 Å². The zero-order valence-corrected chi connectivity index (χ0v) is 8.76. The number of aromatic nitrogens is 1. The number of nitrogens with zero attached hydrogens (tertiary/aromatic N) is 1. The maximum atomic E-state index is 11.9. The fourth-order valence-corrected chi connectivity index (χ4v) is 1.24. The van der Waals surface area contributed by atoms with Crippen LogP contribution in [0, 0.1) is 6.92 Å². The highest BCUT2D eigenvalue weighted by molar-refractivity contribution is 5.24. The second kappa shape index (κ2) is 5.60. The van der Waals surface area contributed by atoms with Gasteiger partial charge in [0.1, 0.15) is 0 Å². The van der Waals surface area contributed by atoms with Gasteiger partial charge in [0, 0.05) is 18.3 Å². The molecule has 0 saturated heterocycles. The minimum absolute atomic E-state index is 0.251. The van der Waals surface area contributed by atoms with Gasteiger partial charge in [-0.2, -0.15) is 0 Å². The molecule has 1 heterocycles. The molecule has 0 amide bonds. The number of pyridine rings is 1. The second-order valence-electron chi connectivity index (χ2n) is 3.19. The minimum atomic E-state index is -2.47. The number of hydrogen-bond acceptors (Lipinski definition) is 3. The second-order valence-corrected chi connectivity index (χ2v) is 3.19. The molecule has 5 heteroatoms. The summed E-state index contributed by atoms with van der Waals surface area (Å²) in [5.41, 5.74) is 1.72. The van der Waals surface area contributed by atoms with Gasteiger partial charge in [-0.25, -0.2) is 13.8 Å². The SMILES string of the molecule is CNCc1cc(C)nc(OCC(F)F)c1. The van der Waals surface area contributed by atoms with Gasteiger partial charge in [-0.3, -0.25) is 0 Å². The normalized spacial score (nSPS) is 10.7. The van der Waals surface area contributed by atoms with Crippen molar-refractivity contribution in [1.29, 1.82) is 0 Å². The third kappa shape index (κ3) is 4.20. The van der Waals surface area contributed by atoms with Gasteiger partial charge in [-0.1, -0.05) is 0 Å². The van der Waals surface area contributed by atoms with E-state index in [0.717, 1.165) is 11.3 Å². The molecule has 1 N–H and O–H groups in total. The molecule has 0 aliphatic heterocycles. The Kier molecular flexibility index (Phi) is 4.42. The lowest BCUT2D eigenvalue weighted by Crippen LogP contribution is -2.10. The van der Waals surface area contributed by atoms with Gasteiger partial charge in [0.15, 0.2) is 6.61 Å². The van der Waals surface area contributed by atoms with Crippen LogP contribution in [0.3, 0.4) is 0 Å². The molecule has 15 heavy (non-hydrogen) atoms. The van der Waals surface area contributed by atoms with Gasteiger partial charge in [0.2, 0.25) is 5.88 Å². The van der Waals surface area contributed by atoms with E-state index in [1.807, 2.05) is 13.1 Å². The number of aryl methyl sites for hydroxylation is 1. The quantitative estimate of drug-likeness (QED) is 0.814. The maximum absolute atomic E-state index is 11.9. The number of nitrogens with one attached hydrogen (secondary N) is 1. The summed E-state index contributed by atoms with van der Waals surface area (Å²) in [6, 6.07) is 3.54. The molecule has 0 aliphatic rings. The molecular weight excluding hydrogens is 202 g/mol. The monoisotopic (exact) mass is 216 g/mol. The summed E-state index contributed by atoms with van der Waals surface area (Å²) in [5.74, 6) is 0.251. The van der Waals surface area contributed by atoms with Gasteiger partial charge >= 0.3 is 0 Å². The summed E-state index contributed by atoms with van der Waals surface area (Å²) in [7, 11) is 1.81. The lowest BCUT2D eigenvalue weighted by atomic mass is 10.2. The third-order valence-electron chi connectivity index (χ3n) is 1.73. The number of ether oxygens (including phenoxy) is 1. The van der Waals surface area contributed by atoms with Crippen LogP contribution in [0.4, 0.5) is 8.78 Å². The van der Waals surface area contributed by atoms with E-state index in [1.54, 1.807) is 13.0 Å². The summed E-state index contributed by atoms with van der Waals surface area (Å²) >= 11 is 0. The molecule has 0 atom stereocenters. The molecule has 1 rings (SSSR count). The van der Waals surface area contributed by atoms with E-state index in [1.165, 1.54) is 0 Å². The molecular formula is C10H14F2N2O. The molecule has 3 nitrogen and oxygen atoms in total. The molecule has 1 aromatic heterocycles. The van der Waals surface area contributed by atoms with Crippen LogP contribution in [0.1, 0.15) is 11.3 Å². The van der Waals surface area contributed by atoms with Crippen LogP contribution in [0.25, 0.3) is 0 Å². The molecule has 0 fully saturated rings. The first-order valence-corrected chi connectivity index (χ1v) is 4.65. The van der Waals surface area contributed by atoms with Crippen molar-refractivity contribution in [2.45, 2.75) is 19.9 Å². The van der Waals surface area contributed by atoms with Crippen LogP contribution in [0.15, 0.2) is 12.1 Å². The lowest BCUT2D eigenvalue weighted by molar-refractivity contribution is 0.0794. The Labute approximate surface area is 87.5 Å². The highest BCUT2D eigenvalue weighted by Gasteiger charge is 2.05. The van der Waals surface area contributed by atoms with E-state index in [2.05, 4.69) is 10.3 Å². The Morgan fingerprint density at radius 1 is 1.47 bits per heavy atom. The molecule has 0 aromatic carbocycles. The van der Waals surface area contributed by atoms with E-state index in [9.17, 15) is 8.78 Å². The fourth-order valence-electron chi connectivity index (χ4n) is 1.24. The average molecular weight is 216 g/mol. The van der Waals surface area contributed by atoms with Gasteiger partial charge in [-0.05, 0) is 25.6 Å². The van der Waals surface area contributed by atoms with Crippen LogP contribution >= 0.6 is 0 Å². The average Bonchev–Trinajstić information content (AvgIpc) is 2.14. The van der Waals surface area contributed by atoms with E-state index < -0.39 is 13.0 Å². The molecule has 0 unspecified atom stereocenters. The van der Waals surface area contributed by atoms with Crippen molar-refractivity contribution in [1.82, 2.24) is 10.3 Å². The van der Waals surface area contributed by atoms with E-state index in [0.29, 0.717) is 6.54 Å². The van der Waals surface area contributed by atoms with Crippen LogP contribution < -0.4 is 10.1 Å². The van der Waals surface area contributed by atoms with Crippen molar-refractivity contribution in [3.05, 3.63) is 23.4 Å². The summed E-state index contributed by atoms with van der Waals surface area (Å²) in [6.45, 7) is 1.85. The predicted octanol–water partition coefficient (Wildman–Crippen LogP) is 1.75. The van der Waals surface area contributed by atoms with Crippen LogP contribution in [0.2, 0.25) is 0 Å². The van der Waals surface area contributed by atoms with E-state index >= 15 is 0 Å². The highest BCUT2D eigenvalue weighted by atomic mass is 19.3. The van der Waals surface area contributed by atoms with Crippen LogP contribution in [-0.4, -0.2) is 25.1 Å². The summed E-state index contributed by atoms with van der Waals surface area (Å²) in [5, 5.41) is 2.97. The fraction of sp³-hybridized carbons (Fsp3) is 0.500. The molecule has 0 spiro atoms. The molecule has 0 radical (unpaired) electrons. The van der Waals surface area contributed by atoms with E-state index in [-0.39, 0.29) is 5.88 Å². The molecule has 84 valence electrons. The number of alkyl halides is 2. The topological polar surface area (TPSA) is 34.2 Å². The largest absolute Gasteiger partial charge is 0.472 e. The molecule has 0 saturated carbocycles. The van der Waals surface area contributed by atoms with Gasteiger partial charge < -0.3 is 10.1 Å². The number of hydrogen-bond donors (Lipinski definition) is 1. The first-order chi connectivity index (χ1) is 7.11. The minimum Gasteiger partial charge on any atom is -0.472 e. The Balaban J connectivity index is 2.70. The summed E-state index contributed by atoms with van der Waals surface area (Å²) in [4.78, 5) is 4.00. The number of rotatable bonds is 5. The van der Waals surface area contributed by atoms with Crippen LogP contribution in [-0.2, 0) is 6.54 Å². The standard InChI is InChI=1S/C10H14F2N2O/c1-7-3-8(5-13-2)4-10(14-7)15-6-9(11)12/h3-4,9,13H,5-6H2,1-2H3. The number of halogens is 2.